The third kappa shape index (κ3) is 6.68. The molecule has 0 aromatic rings. The number of hydrogen-bond donors (Lipinski definition) is 2. The first-order valence-electron chi connectivity index (χ1n) is 2.40. The molecule has 0 aliphatic rings. The molecule has 4 nitrogen and oxygen atoms in total. The second-order valence-corrected chi connectivity index (χ2v) is 1.31. The molecule has 0 aromatic carbocycles. The molecule has 50 valence electrons. The smallest absolute Gasteiger partial charge is 0.242 e. The predicted molar refractivity (Wildman–Crippen MR) is 32.4 cm³/mol. The molecule has 4 heteroatoms. The van der Waals surface area contributed by atoms with E-state index in [-0.39, 0.29) is 6.54 Å². The van der Waals surface area contributed by atoms with Crippen LogP contribution in [-0.4, -0.2) is 18.7 Å². The van der Waals surface area contributed by atoms with Gasteiger partial charge >= 0.3 is 0 Å². The standard InChI is InChI=1S/C5H8N2O2/c6-5(9)1-2-7-3-4-8/h1-2,4,7H,3H2,(H2,6,9)/b2-1-. The van der Waals surface area contributed by atoms with E-state index in [1.807, 2.05) is 0 Å². The fourth-order valence-electron chi connectivity index (χ4n) is 0.257. The predicted octanol–water partition coefficient (Wildman–Crippen LogP) is -1.23. The second kappa shape index (κ2) is 4.83. The van der Waals surface area contributed by atoms with Crippen molar-refractivity contribution in [3.05, 3.63) is 12.3 Å². The van der Waals surface area contributed by atoms with Crippen LogP contribution in [0.2, 0.25) is 0 Å². The maximum Gasteiger partial charge on any atom is 0.242 e. The molecule has 0 aromatic heterocycles. The quantitative estimate of drug-likeness (QED) is 0.283. The fraction of sp³-hybridized carbons (Fsp3) is 0.200. The van der Waals surface area contributed by atoms with E-state index in [0.29, 0.717) is 6.29 Å². The molecule has 0 aliphatic carbocycles. The van der Waals surface area contributed by atoms with Crippen LogP contribution in [0.25, 0.3) is 0 Å². The molecule has 0 spiro atoms. The molecule has 0 unspecified atom stereocenters. The summed E-state index contributed by atoms with van der Waals surface area (Å²) in [5, 5.41) is 2.52. The van der Waals surface area contributed by atoms with E-state index in [1.54, 1.807) is 0 Å². The summed E-state index contributed by atoms with van der Waals surface area (Å²) in [6.07, 6.45) is 3.16. The Kier molecular flexibility index (Phi) is 4.12. The Morgan fingerprint density at radius 1 is 1.67 bits per heavy atom. The van der Waals surface area contributed by atoms with Crippen LogP contribution in [0.4, 0.5) is 0 Å². The van der Waals surface area contributed by atoms with Crippen molar-refractivity contribution in [2.24, 2.45) is 5.73 Å². The maximum absolute atomic E-state index is 9.97. The highest BCUT2D eigenvalue weighted by atomic mass is 16.1. The van der Waals surface area contributed by atoms with Crippen LogP contribution in [0.1, 0.15) is 0 Å². The summed E-state index contributed by atoms with van der Waals surface area (Å²) in [5.41, 5.74) is 4.72. The van der Waals surface area contributed by atoms with Gasteiger partial charge in [0.1, 0.15) is 6.29 Å². The summed E-state index contributed by atoms with van der Waals surface area (Å²) in [4.78, 5) is 19.6. The zero-order valence-corrected chi connectivity index (χ0v) is 4.83. The van der Waals surface area contributed by atoms with Gasteiger partial charge in [-0.3, -0.25) is 4.79 Å². The molecule has 0 saturated heterocycles. The van der Waals surface area contributed by atoms with Gasteiger partial charge in [-0.2, -0.15) is 0 Å². The molecule has 1 amide bonds. The topological polar surface area (TPSA) is 72.2 Å². The Morgan fingerprint density at radius 2 is 2.33 bits per heavy atom. The lowest BCUT2D eigenvalue weighted by molar-refractivity contribution is -0.113. The number of primary amides is 1. The van der Waals surface area contributed by atoms with E-state index < -0.39 is 5.91 Å². The highest BCUT2D eigenvalue weighted by molar-refractivity contribution is 5.85. The zero-order chi connectivity index (χ0) is 7.11. The Balaban J connectivity index is 3.24. The average Bonchev–Trinajstić information content (AvgIpc) is 1.80. The molecule has 0 fully saturated rings. The summed E-state index contributed by atoms with van der Waals surface area (Å²) in [6.45, 7) is 0.198. The Morgan fingerprint density at radius 3 is 2.78 bits per heavy atom. The minimum atomic E-state index is -0.534. The second-order valence-electron chi connectivity index (χ2n) is 1.31. The first kappa shape index (κ1) is 7.68. The molecule has 9 heavy (non-hydrogen) atoms. The van der Waals surface area contributed by atoms with Gasteiger partial charge in [0.05, 0.1) is 6.54 Å². The molecular weight excluding hydrogens is 120 g/mol. The van der Waals surface area contributed by atoms with Crippen LogP contribution < -0.4 is 11.1 Å². The molecular formula is C5H8N2O2. The van der Waals surface area contributed by atoms with E-state index in [4.69, 9.17) is 5.73 Å². The molecule has 0 rings (SSSR count). The summed E-state index contributed by atoms with van der Waals surface area (Å²) in [5.74, 6) is -0.534. The van der Waals surface area contributed by atoms with Crippen molar-refractivity contribution in [3.63, 3.8) is 0 Å². The number of aldehydes is 1. The van der Waals surface area contributed by atoms with Gasteiger partial charge in [0.15, 0.2) is 0 Å². The van der Waals surface area contributed by atoms with E-state index in [0.717, 1.165) is 6.08 Å². The number of carbonyl (C=O) groups is 2. The third-order valence-corrected chi connectivity index (χ3v) is 0.567. The van der Waals surface area contributed by atoms with Crippen molar-refractivity contribution in [2.75, 3.05) is 6.54 Å². The van der Waals surface area contributed by atoms with Crippen molar-refractivity contribution >= 4 is 12.2 Å². The van der Waals surface area contributed by atoms with Crippen LogP contribution >= 0.6 is 0 Å². The van der Waals surface area contributed by atoms with Gasteiger partial charge in [-0.05, 0) is 0 Å². The van der Waals surface area contributed by atoms with Gasteiger partial charge in [-0.15, -0.1) is 0 Å². The highest BCUT2D eigenvalue weighted by Crippen LogP contribution is 1.62. The van der Waals surface area contributed by atoms with Crippen LogP contribution in [-0.2, 0) is 9.59 Å². The van der Waals surface area contributed by atoms with Gasteiger partial charge in [-0.25, -0.2) is 0 Å². The van der Waals surface area contributed by atoms with E-state index in [2.05, 4.69) is 5.32 Å². The van der Waals surface area contributed by atoms with Crippen LogP contribution in [0.5, 0.6) is 0 Å². The van der Waals surface area contributed by atoms with Crippen LogP contribution in [0, 0.1) is 0 Å². The first-order chi connectivity index (χ1) is 4.27. The molecule has 0 heterocycles. The van der Waals surface area contributed by atoms with Crippen molar-refractivity contribution < 1.29 is 9.59 Å². The molecule has 0 bridgehead atoms. The van der Waals surface area contributed by atoms with Crippen molar-refractivity contribution in [1.29, 1.82) is 0 Å². The van der Waals surface area contributed by atoms with Gasteiger partial charge in [0, 0.05) is 12.3 Å². The van der Waals surface area contributed by atoms with E-state index in [9.17, 15) is 9.59 Å². The molecule has 0 saturated carbocycles. The number of carbonyl (C=O) groups excluding carboxylic acids is 2. The normalized spacial score (nSPS) is 9.33. The number of rotatable bonds is 4. The van der Waals surface area contributed by atoms with E-state index >= 15 is 0 Å². The molecule has 3 N–H and O–H groups in total. The minimum absolute atomic E-state index is 0.198. The lowest BCUT2D eigenvalue weighted by Crippen LogP contribution is -2.11. The maximum atomic E-state index is 9.97. The average molecular weight is 128 g/mol. The first-order valence-corrected chi connectivity index (χ1v) is 2.40. The summed E-state index contributed by atoms with van der Waals surface area (Å²) < 4.78 is 0. The summed E-state index contributed by atoms with van der Waals surface area (Å²) >= 11 is 0. The summed E-state index contributed by atoms with van der Waals surface area (Å²) in [6, 6.07) is 0. The van der Waals surface area contributed by atoms with Gasteiger partial charge in [0.2, 0.25) is 5.91 Å². The monoisotopic (exact) mass is 128 g/mol. The fourth-order valence-corrected chi connectivity index (χ4v) is 0.257. The number of nitrogens with one attached hydrogen (secondary N) is 1. The van der Waals surface area contributed by atoms with E-state index in [1.165, 1.54) is 6.20 Å². The lowest BCUT2D eigenvalue weighted by Gasteiger charge is -1.86. The lowest BCUT2D eigenvalue weighted by atomic mass is 10.6. The highest BCUT2D eigenvalue weighted by Gasteiger charge is 1.78. The van der Waals surface area contributed by atoms with Crippen molar-refractivity contribution in [2.45, 2.75) is 0 Å². The summed E-state index contributed by atoms with van der Waals surface area (Å²) in [7, 11) is 0. The van der Waals surface area contributed by atoms with Gasteiger partial charge < -0.3 is 15.8 Å². The van der Waals surface area contributed by atoms with Gasteiger partial charge in [0.25, 0.3) is 0 Å². The molecule has 0 aliphatic heterocycles. The molecule has 0 radical (unpaired) electrons. The SMILES string of the molecule is NC(=O)/C=C\NCC=O. The zero-order valence-electron chi connectivity index (χ0n) is 4.83. The Bertz CT molecular complexity index is 131. The number of amides is 1. The van der Waals surface area contributed by atoms with Crippen molar-refractivity contribution in [1.82, 2.24) is 5.32 Å². The van der Waals surface area contributed by atoms with Crippen LogP contribution in [0.15, 0.2) is 12.3 Å². The Hall–Kier alpha value is -1.32. The van der Waals surface area contributed by atoms with Gasteiger partial charge in [-0.1, -0.05) is 0 Å². The number of hydrogen-bond acceptors (Lipinski definition) is 3. The third-order valence-electron chi connectivity index (χ3n) is 0.567. The largest absolute Gasteiger partial charge is 0.384 e. The molecule has 0 atom stereocenters. The Labute approximate surface area is 52.7 Å². The van der Waals surface area contributed by atoms with Crippen molar-refractivity contribution in [3.8, 4) is 0 Å². The minimum Gasteiger partial charge on any atom is -0.384 e. The number of nitrogens with two attached hydrogens (primary N) is 1. The van der Waals surface area contributed by atoms with Crippen LogP contribution in [0.3, 0.4) is 0 Å².